The first-order valence-electron chi connectivity index (χ1n) is 6.53. The molecule has 1 aliphatic carbocycles. The van der Waals surface area contributed by atoms with E-state index in [1.54, 1.807) is 0 Å². The number of anilines is 1. The lowest BCUT2D eigenvalue weighted by molar-refractivity contribution is -0.127. The van der Waals surface area contributed by atoms with Crippen LogP contribution < -0.4 is 11.1 Å². The second kappa shape index (κ2) is 5.10. The number of hydrogen-bond donors (Lipinski definition) is 2. The minimum absolute atomic E-state index is 0.0241. The summed E-state index contributed by atoms with van der Waals surface area (Å²) in [5.41, 5.74) is 7.09. The van der Waals surface area contributed by atoms with Crippen LogP contribution in [0.15, 0.2) is 4.52 Å². The fraction of sp³-hybridized carbons (Fsp3) is 0.692. The highest BCUT2D eigenvalue weighted by Gasteiger charge is 2.38. The van der Waals surface area contributed by atoms with Crippen molar-refractivity contribution in [1.29, 1.82) is 0 Å². The fourth-order valence-corrected chi connectivity index (χ4v) is 2.52. The first-order chi connectivity index (χ1) is 8.59. The second-order valence-corrected chi connectivity index (χ2v) is 5.22. The molecule has 1 aromatic rings. The molecule has 0 bridgehead atoms. The predicted molar refractivity (Wildman–Crippen MR) is 69.2 cm³/mol. The third kappa shape index (κ3) is 2.27. The molecule has 1 heterocycles. The Balaban J connectivity index is 2.13. The Morgan fingerprint density at radius 2 is 2.06 bits per heavy atom. The van der Waals surface area contributed by atoms with Gasteiger partial charge in [-0.2, -0.15) is 0 Å². The molecule has 1 amide bonds. The molecule has 2 rings (SSSR count). The van der Waals surface area contributed by atoms with E-state index >= 15 is 0 Å². The van der Waals surface area contributed by atoms with Gasteiger partial charge in [-0.05, 0) is 26.7 Å². The first-order valence-corrected chi connectivity index (χ1v) is 6.53. The highest BCUT2D eigenvalue weighted by atomic mass is 16.5. The monoisotopic (exact) mass is 251 g/mol. The summed E-state index contributed by atoms with van der Waals surface area (Å²) in [6, 6.07) is 0. The van der Waals surface area contributed by atoms with E-state index in [1.807, 2.05) is 13.8 Å². The molecular weight excluding hydrogens is 230 g/mol. The highest BCUT2D eigenvalue weighted by molar-refractivity contribution is 5.95. The van der Waals surface area contributed by atoms with Gasteiger partial charge in [0.1, 0.15) is 0 Å². The average molecular weight is 251 g/mol. The standard InChI is InChI=1S/C13H21N3O2/c1-9-10(2)16-18-11(9)15-12(17)13(8-14)6-4-3-5-7-13/h3-8,14H2,1-2H3,(H,15,17). The van der Waals surface area contributed by atoms with Gasteiger partial charge in [0.15, 0.2) is 0 Å². The molecule has 0 saturated heterocycles. The number of hydrogen-bond acceptors (Lipinski definition) is 4. The summed E-state index contributed by atoms with van der Waals surface area (Å²) < 4.78 is 5.12. The van der Waals surface area contributed by atoms with Gasteiger partial charge in [0.25, 0.3) is 0 Å². The Hall–Kier alpha value is -1.36. The molecule has 3 N–H and O–H groups in total. The molecule has 1 aliphatic rings. The summed E-state index contributed by atoms with van der Waals surface area (Å²) in [6.45, 7) is 4.14. The van der Waals surface area contributed by atoms with E-state index < -0.39 is 5.41 Å². The SMILES string of the molecule is Cc1noc(NC(=O)C2(CN)CCCCC2)c1C. The molecule has 18 heavy (non-hydrogen) atoms. The van der Waals surface area contributed by atoms with Crippen LogP contribution in [0.5, 0.6) is 0 Å². The van der Waals surface area contributed by atoms with E-state index in [9.17, 15) is 4.79 Å². The first kappa shape index (κ1) is 13.1. The molecular formula is C13H21N3O2. The summed E-state index contributed by atoms with van der Waals surface area (Å²) in [5, 5.41) is 6.69. The van der Waals surface area contributed by atoms with Gasteiger partial charge in [-0.15, -0.1) is 0 Å². The number of nitrogens with two attached hydrogens (primary N) is 1. The van der Waals surface area contributed by atoms with Crippen LogP contribution in [0.4, 0.5) is 5.88 Å². The minimum atomic E-state index is -0.425. The Kier molecular flexibility index (Phi) is 3.71. The number of amides is 1. The van der Waals surface area contributed by atoms with Crippen molar-refractivity contribution in [2.75, 3.05) is 11.9 Å². The molecule has 0 spiro atoms. The van der Waals surface area contributed by atoms with Crippen LogP contribution in [0.25, 0.3) is 0 Å². The van der Waals surface area contributed by atoms with E-state index in [4.69, 9.17) is 10.3 Å². The van der Waals surface area contributed by atoms with Gasteiger partial charge in [0.2, 0.25) is 11.8 Å². The van der Waals surface area contributed by atoms with Gasteiger partial charge in [0.05, 0.1) is 11.1 Å². The van der Waals surface area contributed by atoms with Crippen molar-refractivity contribution in [3.05, 3.63) is 11.3 Å². The molecule has 1 aromatic heterocycles. The van der Waals surface area contributed by atoms with Crippen LogP contribution in [-0.4, -0.2) is 17.6 Å². The van der Waals surface area contributed by atoms with E-state index in [2.05, 4.69) is 10.5 Å². The lowest BCUT2D eigenvalue weighted by Gasteiger charge is -2.34. The predicted octanol–water partition coefficient (Wildman–Crippen LogP) is 2.14. The van der Waals surface area contributed by atoms with Crippen molar-refractivity contribution in [2.24, 2.45) is 11.1 Å². The smallest absolute Gasteiger partial charge is 0.234 e. The quantitative estimate of drug-likeness (QED) is 0.862. The summed E-state index contributed by atoms with van der Waals surface area (Å²) >= 11 is 0. The van der Waals surface area contributed by atoms with Gasteiger partial charge < -0.3 is 10.3 Å². The maximum Gasteiger partial charge on any atom is 0.234 e. The van der Waals surface area contributed by atoms with Gasteiger partial charge in [0, 0.05) is 12.1 Å². The summed E-state index contributed by atoms with van der Waals surface area (Å²) in [7, 11) is 0. The maximum atomic E-state index is 12.4. The zero-order chi connectivity index (χ0) is 13.2. The van der Waals surface area contributed by atoms with Crippen molar-refractivity contribution in [3.63, 3.8) is 0 Å². The summed E-state index contributed by atoms with van der Waals surface area (Å²) in [5.74, 6) is 0.430. The lowest BCUT2D eigenvalue weighted by atomic mass is 9.73. The molecule has 0 atom stereocenters. The Bertz CT molecular complexity index is 433. The van der Waals surface area contributed by atoms with Crippen LogP contribution in [-0.2, 0) is 4.79 Å². The topological polar surface area (TPSA) is 81.2 Å². The van der Waals surface area contributed by atoms with Crippen molar-refractivity contribution in [3.8, 4) is 0 Å². The number of carbonyl (C=O) groups is 1. The van der Waals surface area contributed by atoms with Crippen LogP contribution in [0.1, 0.15) is 43.4 Å². The number of aryl methyl sites for hydroxylation is 1. The zero-order valence-electron chi connectivity index (χ0n) is 11.1. The molecule has 0 unspecified atom stereocenters. The molecule has 0 aromatic carbocycles. The van der Waals surface area contributed by atoms with Crippen molar-refractivity contribution in [1.82, 2.24) is 5.16 Å². The number of nitrogens with one attached hydrogen (secondary N) is 1. The molecule has 5 nitrogen and oxygen atoms in total. The van der Waals surface area contributed by atoms with Crippen LogP contribution in [0.3, 0.4) is 0 Å². The lowest BCUT2D eigenvalue weighted by Crippen LogP contribution is -2.43. The van der Waals surface area contributed by atoms with E-state index in [0.29, 0.717) is 12.4 Å². The van der Waals surface area contributed by atoms with Crippen LogP contribution >= 0.6 is 0 Å². The molecule has 1 fully saturated rings. The fourth-order valence-electron chi connectivity index (χ4n) is 2.52. The molecule has 0 radical (unpaired) electrons. The van der Waals surface area contributed by atoms with Crippen molar-refractivity contribution >= 4 is 11.8 Å². The Labute approximate surface area is 107 Å². The molecule has 1 saturated carbocycles. The molecule has 0 aliphatic heterocycles. The third-order valence-electron chi connectivity index (χ3n) is 4.07. The Morgan fingerprint density at radius 3 is 2.56 bits per heavy atom. The van der Waals surface area contributed by atoms with Crippen LogP contribution in [0, 0.1) is 19.3 Å². The highest BCUT2D eigenvalue weighted by Crippen LogP contribution is 2.36. The summed E-state index contributed by atoms with van der Waals surface area (Å²) in [6.07, 6.45) is 5.05. The maximum absolute atomic E-state index is 12.4. The van der Waals surface area contributed by atoms with Gasteiger partial charge >= 0.3 is 0 Å². The van der Waals surface area contributed by atoms with Gasteiger partial charge in [-0.1, -0.05) is 24.4 Å². The largest absolute Gasteiger partial charge is 0.338 e. The van der Waals surface area contributed by atoms with Crippen LogP contribution in [0.2, 0.25) is 0 Å². The number of carbonyl (C=O) groups excluding carboxylic acids is 1. The molecule has 100 valence electrons. The number of aromatic nitrogens is 1. The number of nitrogens with zero attached hydrogens (tertiary/aromatic N) is 1. The van der Waals surface area contributed by atoms with E-state index in [1.165, 1.54) is 6.42 Å². The summed E-state index contributed by atoms with van der Waals surface area (Å²) in [4.78, 5) is 12.4. The second-order valence-electron chi connectivity index (χ2n) is 5.22. The minimum Gasteiger partial charge on any atom is -0.338 e. The normalized spacial score (nSPS) is 18.6. The van der Waals surface area contributed by atoms with Gasteiger partial charge in [-0.3, -0.25) is 10.1 Å². The number of rotatable bonds is 3. The zero-order valence-corrected chi connectivity index (χ0v) is 11.1. The van der Waals surface area contributed by atoms with E-state index in [-0.39, 0.29) is 5.91 Å². The van der Waals surface area contributed by atoms with E-state index in [0.717, 1.165) is 36.9 Å². The third-order valence-corrected chi connectivity index (χ3v) is 4.07. The molecule has 5 heteroatoms. The average Bonchev–Trinajstić information content (AvgIpc) is 2.71. The van der Waals surface area contributed by atoms with Gasteiger partial charge in [-0.25, -0.2) is 0 Å². The van der Waals surface area contributed by atoms with Crippen molar-refractivity contribution in [2.45, 2.75) is 46.0 Å². The van der Waals surface area contributed by atoms with Crippen molar-refractivity contribution < 1.29 is 9.32 Å². The Morgan fingerprint density at radius 1 is 1.39 bits per heavy atom.